The number of oxime groups is 1. The second-order valence-electron chi connectivity index (χ2n) is 5.25. The molecule has 150 valence electrons. The summed E-state index contributed by atoms with van der Waals surface area (Å²) in [5.41, 5.74) is -1.43. The Morgan fingerprint density at radius 3 is 2.54 bits per heavy atom. The van der Waals surface area contributed by atoms with Crippen molar-refractivity contribution in [3.05, 3.63) is 57.3 Å². The van der Waals surface area contributed by atoms with Crippen LogP contribution < -0.4 is 10.1 Å². The van der Waals surface area contributed by atoms with Crippen LogP contribution in [0.1, 0.15) is 21.6 Å². The average molecular weight is 436 g/mol. The minimum Gasteiger partial charge on any atom is -0.493 e. The largest absolute Gasteiger partial charge is 0.493 e. The van der Waals surface area contributed by atoms with Crippen LogP contribution in [0.5, 0.6) is 5.75 Å². The third-order valence-electron chi connectivity index (χ3n) is 3.50. The summed E-state index contributed by atoms with van der Waals surface area (Å²) < 4.78 is 44.4. The lowest BCUT2D eigenvalue weighted by atomic mass is 10.1. The number of nitrogens with zero attached hydrogens (tertiary/aromatic N) is 2. The molecule has 1 heterocycles. The SMILES string of the molecule is CON=C(CNC(=O)c1ccccc1C(F)(F)F)c1ncc(Cl)c(OC)c1Cl. The van der Waals surface area contributed by atoms with Crippen LogP contribution in [0.2, 0.25) is 10.0 Å². The highest BCUT2D eigenvalue weighted by molar-refractivity contribution is 6.39. The minimum absolute atomic E-state index is 0.00995. The first-order chi connectivity index (χ1) is 13.2. The summed E-state index contributed by atoms with van der Waals surface area (Å²) in [6, 6.07) is 4.42. The number of methoxy groups -OCH3 is 1. The summed E-state index contributed by atoms with van der Waals surface area (Å²) in [7, 11) is 2.60. The summed E-state index contributed by atoms with van der Waals surface area (Å²) >= 11 is 12.1. The van der Waals surface area contributed by atoms with E-state index in [9.17, 15) is 18.0 Å². The lowest BCUT2D eigenvalue weighted by Gasteiger charge is -2.14. The van der Waals surface area contributed by atoms with Gasteiger partial charge in [0.1, 0.15) is 28.6 Å². The fraction of sp³-hybridized carbons (Fsp3) is 0.235. The highest BCUT2D eigenvalue weighted by atomic mass is 35.5. The number of hydrogen-bond acceptors (Lipinski definition) is 5. The molecule has 0 saturated heterocycles. The molecule has 0 radical (unpaired) electrons. The van der Waals surface area contributed by atoms with Gasteiger partial charge in [0, 0.05) is 0 Å². The van der Waals surface area contributed by atoms with E-state index in [1.54, 1.807) is 0 Å². The Hall–Kier alpha value is -2.52. The van der Waals surface area contributed by atoms with E-state index in [0.717, 1.165) is 12.1 Å². The first kappa shape index (κ1) is 21.8. The van der Waals surface area contributed by atoms with Crippen LogP contribution in [0.15, 0.2) is 35.6 Å². The van der Waals surface area contributed by atoms with Crippen molar-refractivity contribution < 1.29 is 27.5 Å². The van der Waals surface area contributed by atoms with Gasteiger partial charge in [0.15, 0.2) is 5.75 Å². The molecule has 28 heavy (non-hydrogen) atoms. The Morgan fingerprint density at radius 2 is 1.93 bits per heavy atom. The molecule has 1 aromatic carbocycles. The maximum Gasteiger partial charge on any atom is 0.417 e. The number of alkyl halides is 3. The predicted molar refractivity (Wildman–Crippen MR) is 98.1 cm³/mol. The standard InChI is InChI=1S/C17H14Cl2F3N3O3/c1-27-15-11(18)7-23-14(13(15)19)12(25-28-2)8-24-16(26)9-5-3-4-6-10(9)17(20,21)22/h3-7H,8H2,1-2H3,(H,24,26). The smallest absolute Gasteiger partial charge is 0.417 e. The lowest BCUT2D eigenvalue weighted by molar-refractivity contribution is -0.137. The van der Waals surface area contributed by atoms with Crippen LogP contribution in [-0.2, 0) is 11.0 Å². The minimum atomic E-state index is -4.67. The molecule has 1 aromatic heterocycles. The second-order valence-corrected chi connectivity index (χ2v) is 6.03. The normalized spacial score (nSPS) is 11.9. The molecule has 11 heteroatoms. The molecular formula is C17H14Cl2F3N3O3. The zero-order chi connectivity index (χ0) is 20.9. The van der Waals surface area contributed by atoms with E-state index in [0.29, 0.717) is 0 Å². The number of carbonyl (C=O) groups excluding carboxylic acids is 1. The molecule has 0 bridgehead atoms. The molecule has 0 spiro atoms. The monoisotopic (exact) mass is 435 g/mol. The van der Waals surface area contributed by atoms with Crippen molar-refractivity contribution in [3.63, 3.8) is 0 Å². The number of benzene rings is 1. The van der Waals surface area contributed by atoms with Gasteiger partial charge in [0.05, 0.1) is 31.0 Å². The summed E-state index contributed by atoms with van der Waals surface area (Å²) in [6.07, 6.45) is -3.42. The van der Waals surface area contributed by atoms with Crippen molar-refractivity contribution in [2.75, 3.05) is 20.8 Å². The highest BCUT2D eigenvalue weighted by Gasteiger charge is 2.34. The van der Waals surface area contributed by atoms with Gasteiger partial charge in [-0.05, 0) is 12.1 Å². The van der Waals surface area contributed by atoms with Gasteiger partial charge in [-0.1, -0.05) is 40.5 Å². The van der Waals surface area contributed by atoms with Gasteiger partial charge in [-0.2, -0.15) is 13.2 Å². The van der Waals surface area contributed by atoms with Crippen molar-refractivity contribution >= 4 is 34.8 Å². The number of amides is 1. The number of hydrogen-bond donors (Lipinski definition) is 1. The van der Waals surface area contributed by atoms with Crippen LogP contribution in [0.4, 0.5) is 13.2 Å². The maximum atomic E-state index is 13.1. The molecule has 2 rings (SSSR count). The third kappa shape index (κ3) is 4.85. The lowest BCUT2D eigenvalue weighted by Crippen LogP contribution is -2.32. The summed E-state index contributed by atoms with van der Waals surface area (Å²) in [4.78, 5) is 21.1. The Labute approximate surface area is 168 Å². The van der Waals surface area contributed by atoms with Crippen molar-refractivity contribution in [3.8, 4) is 5.75 Å². The average Bonchev–Trinajstić information content (AvgIpc) is 2.65. The first-order valence-corrected chi connectivity index (χ1v) is 8.39. The second kappa shape index (κ2) is 9.11. The molecule has 0 fully saturated rings. The van der Waals surface area contributed by atoms with Crippen molar-refractivity contribution in [1.29, 1.82) is 0 Å². The van der Waals surface area contributed by atoms with E-state index >= 15 is 0 Å². The quantitative estimate of drug-likeness (QED) is 0.545. The van der Waals surface area contributed by atoms with Crippen LogP contribution in [-0.4, -0.2) is 37.4 Å². The van der Waals surface area contributed by atoms with Crippen LogP contribution in [0.3, 0.4) is 0 Å². The Balaban J connectivity index is 2.29. The van der Waals surface area contributed by atoms with Gasteiger partial charge in [-0.3, -0.25) is 9.78 Å². The molecule has 2 aromatic rings. The van der Waals surface area contributed by atoms with E-state index in [4.69, 9.17) is 32.8 Å². The van der Waals surface area contributed by atoms with Crippen LogP contribution >= 0.6 is 23.2 Å². The van der Waals surface area contributed by atoms with E-state index < -0.39 is 23.2 Å². The molecular weight excluding hydrogens is 422 g/mol. The predicted octanol–water partition coefficient (Wildman–Crippen LogP) is 4.20. The Kier molecular flexibility index (Phi) is 7.09. The van der Waals surface area contributed by atoms with Gasteiger partial charge < -0.3 is 14.9 Å². The third-order valence-corrected chi connectivity index (χ3v) is 4.12. The molecule has 0 aliphatic carbocycles. The summed E-state index contributed by atoms with van der Waals surface area (Å²) in [5.74, 6) is -0.820. The van der Waals surface area contributed by atoms with Crippen LogP contribution in [0.25, 0.3) is 0 Å². The zero-order valence-electron chi connectivity index (χ0n) is 14.6. The molecule has 0 aliphatic rings. The number of halogens is 5. The number of nitrogens with one attached hydrogen (secondary N) is 1. The number of carbonyl (C=O) groups is 1. The van der Waals surface area contributed by atoms with Crippen LogP contribution in [0, 0.1) is 0 Å². The number of aromatic nitrogens is 1. The van der Waals surface area contributed by atoms with Gasteiger partial charge in [-0.25, -0.2) is 0 Å². The molecule has 0 unspecified atom stereocenters. The van der Waals surface area contributed by atoms with E-state index in [-0.39, 0.29) is 33.7 Å². The van der Waals surface area contributed by atoms with Gasteiger partial charge >= 0.3 is 6.18 Å². The molecule has 1 amide bonds. The van der Waals surface area contributed by atoms with E-state index in [1.807, 2.05) is 0 Å². The topological polar surface area (TPSA) is 72.8 Å². The number of ether oxygens (including phenoxy) is 1. The molecule has 6 nitrogen and oxygen atoms in total. The van der Waals surface area contributed by atoms with Crippen molar-refractivity contribution in [2.45, 2.75) is 6.18 Å². The fourth-order valence-corrected chi connectivity index (χ4v) is 2.90. The molecule has 0 aliphatic heterocycles. The fourth-order valence-electron chi connectivity index (χ4n) is 2.29. The number of rotatable bonds is 6. The van der Waals surface area contributed by atoms with Gasteiger partial charge in [0.2, 0.25) is 0 Å². The first-order valence-electron chi connectivity index (χ1n) is 7.63. The number of pyridine rings is 1. The maximum absolute atomic E-state index is 13.1. The van der Waals surface area contributed by atoms with E-state index in [2.05, 4.69) is 15.5 Å². The van der Waals surface area contributed by atoms with Crippen molar-refractivity contribution in [2.24, 2.45) is 5.16 Å². The molecule has 0 atom stereocenters. The van der Waals surface area contributed by atoms with Gasteiger partial charge in [-0.15, -0.1) is 0 Å². The van der Waals surface area contributed by atoms with E-state index in [1.165, 1.54) is 32.5 Å². The summed E-state index contributed by atoms with van der Waals surface area (Å²) in [5, 5.41) is 6.24. The van der Waals surface area contributed by atoms with Crippen molar-refractivity contribution in [1.82, 2.24) is 10.3 Å². The van der Waals surface area contributed by atoms with Gasteiger partial charge in [0.25, 0.3) is 5.91 Å². The molecule has 0 saturated carbocycles. The zero-order valence-corrected chi connectivity index (χ0v) is 16.1. The molecule has 1 N–H and O–H groups in total. The Bertz CT molecular complexity index is 905. The highest BCUT2D eigenvalue weighted by Crippen LogP contribution is 2.34. The summed E-state index contributed by atoms with van der Waals surface area (Å²) in [6.45, 7) is -0.309. The Morgan fingerprint density at radius 1 is 1.25 bits per heavy atom.